The Morgan fingerprint density at radius 2 is 1.96 bits per heavy atom. The molecule has 0 spiro atoms. The topological polar surface area (TPSA) is 62.7 Å². The lowest BCUT2D eigenvalue weighted by Gasteiger charge is -2.22. The van der Waals surface area contributed by atoms with Gasteiger partial charge in [-0.1, -0.05) is 25.5 Å². The van der Waals surface area contributed by atoms with Gasteiger partial charge in [0.2, 0.25) is 0 Å². The number of carboxylic acids is 1. The fourth-order valence-corrected chi connectivity index (χ4v) is 2.64. The van der Waals surface area contributed by atoms with Crippen LogP contribution in [0.4, 0.5) is 5.82 Å². The number of ether oxygens (including phenoxy) is 1. The van der Waals surface area contributed by atoms with Crippen molar-refractivity contribution < 1.29 is 14.6 Å². The molecule has 0 aliphatic carbocycles. The summed E-state index contributed by atoms with van der Waals surface area (Å²) >= 11 is 0. The van der Waals surface area contributed by atoms with E-state index < -0.39 is 5.97 Å². The smallest absolute Gasteiger partial charge is 0.340 e. The van der Waals surface area contributed by atoms with E-state index in [1.54, 1.807) is 7.11 Å². The Kier molecular flexibility index (Phi) is 5.79. The number of unbranched alkanes of at least 4 members (excludes halogenated alkanes) is 1. The summed E-state index contributed by atoms with van der Waals surface area (Å²) in [6.45, 7) is 4.77. The highest BCUT2D eigenvalue weighted by atomic mass is 16.5. The van der Waals surface area contributed by atoms with Gasteiger partial charge in [-0.3, -0.25) is 0 Å². The summed E-state index contributed by atoms with van der Waals surface area (Å²) < 4.78 is 5.18. The summed E-state index contributed by atoms with van der Waals surface area (Å²) in [4.78, 5) is 18.3. The predicted molar refractivity (Wildman–Crippen MR) is 96.1 cm³/mol. The summed E-state index contributed by atoms with van der Waals surface area (Å²) in [7, 11) is 3.50. The van der Waals surface area contributed by atoms with Crippen molar-refractivity contribution in [3.05, 3.63) is 41.6 Å². The lowest BCUT2D eigenvalue weighted by atomic mass is 9.99. The van der Waals surface area contributed by atoms with E-state index >= 15 is 0 Å². The van der Waals surface area contributed by atoms with E-state index in [-0.39, 0.29) is 5.56 Å². The number of benzene rings is 1. The van der Waals surface area contributed by atoms with Crippen molar-refractivity contribution in [3.63, 3.8) is 0 Å². The molecule has 5 heteroatoms. The van der Waals surface area contributed by atoms with Gasteiger partial charge in [-0.05, 0) is 37.1 Å². The molecule has 1 aromatic carbocycles. The summed E-state index contributed by atoms with van der Waals surface area (Å²) in [6.07, 6.45) is 2.03. The average molecular weight is 328 g/mol. The number of aryl methyl sites for hydroxylation is 1. The molecule has 2 rings (SSSR count). The van der Waals surface area contributed by atoms with E-state index in [1.807, 2.05) is 49.2 Å². The van der Waals surface area contributed by atoms with Gasteiger partial charge < -0.3 is 14.7 Å². The second-order valence-corrected chi connectivity index (χ2v) is 5.82. The van der Waals surface area contributed by atoms with Gasteiger partial charge in [-0.25, -0.2) is 9.78 Å². The largest absolute Gasteiger partial charge is 0.497 e. The Labute approximate surface area is 142 Å². The maximum absolute atomic E-state index is 11.9. The van der Waals surface area contributed by atoms with E-state index in [9.17, 15) is 9.90 Å². The molecule has 0 fully saturated rings. The van der Waals surface area contributed by atoms with E-state index in [2.05, 4.69) is 11.9 Å². The average Bonchev–Trinajstić information content (AvgIpc) is 2.58. The molecule has 1 N–H and O–H groups in total. The summed E-state index contributed by atoms with van der Waals surface area (Å²) in [5.41, 5.74) is 2.55. The molecule has 1 heterocycles. The predicted octanol–water partition coefficient (Wildman–Crippen LogP) is 4.00. The maximum atomic E-state index is 11.9. The minimum atomic E-state index is -0.966. The molecule has 1 aromatic heterocycles. The molecule has 24 heavy (non-hydrogen) atoms. The van der Waals surface area contributed by atoms with Crippen molar-refractivity contribution in [2.45, 2.75) is 26.7 Å². The number of aromatic carboxylic acids is 1. The number of nitrogens with zero attached hydrogens (tertiary/aromatic N) is 2. The lowest BCUT2D eigenvalue weighted by Crippen LogP contribution is -2.23. The first-order valence-electron chi connectivity index (χ1n) is 8.08. The Bertz CT molecular complexity index is 711. The molecule has 0 atom stereocenters. The van der Waals surface area contributed by atoms with Gasteiger partial charge in [0.1, 0.15) is 17.1 Å². The summed E-state index contributed by atoms with van der Waals surface area (Å²) in [6, 6.07) is 9.22. The maximum Gasteiger partial charge on any atom is 0.340 e. The van der Waals surface area contributed by atoms with Crippen LogP contribution in [-0.4, -0.2) is 36.8 Å². The number of hydrogen-bond acceptors (Lipinski definition) is 4. The second-order valence-electron chi connectivity index (χ2n) is 5.82. The van der Waals surface area contributed by atoms with E-state index in [0.717, 1.165) is 36.4 Å². The van der Waals surface area contributed by atoms with Crippen molar-refractivity contribution in [2.24, 2.45) is 0 Å². The zero-order chi connectivity index (χ0) is 17.7. The molecule has 0 saturated heterocycles. The Morgan fingerprint density at radius 1 is 1.29 bits per heavy atom. The quantitative estimate of drug-likeness (QED) is 0.832. The van der Waals surface area contributed by atoms with Crippen LogP contribution in [-0.2, 0) is 0 Å². The first-order valence-corrected chi connectivity index (χ1v) is 8.08. The molecule has 0 saturated carbocycles. The highest BCUT2D eigenvalue weighted by Gasteiger charge is 2.21. The number of pyridine rings is 1. The molecule has 0 bridgehead atoms. The highest BCUT2D eigenvalue weighted by Crippen LogP contribution is 2.32. The molecule has 0 amide bonds. The molecule has 2 aromatic rings. The van der Waals surface area contributed by atoms with Gasteiger partial charge in [0.25, 0.3) is 0 Å². The number of rotatable bonds is 7. The van der Waals surface area contributed by atoms with Crippen LogP contribution < -0.4 is 9.64 Å². The molecule has 0 aliphatic rings. The fraction of sp³-hybridized carbons (Fsp3) is 0.368. The summed E-state index contributed by atoms with van der Waals surface area (Å²) in [5, 5.41) is 9.78. The number of carbonyl (C=O) groups is 1. The molecular formula is C19H24N2O3. The molecule has 5 nitrogen and oxygen atoms in total. The van der Waals surface area contributed by atoms with Gasteiger partial charge in [-0.15, -0.1) is 0 Å². The number of anilines is 1. The number of carboxylic acid groups (broad SMARTS) is 1. The monoisotopic (exact) mass is 328 g/mol. The van der Waals surface area contributed by atoms with E-state index in [0.29, 0.717) is 11.4 Å². The third kappa shape index (κ3) is 3.85. The molecule has 0 radical (unpaired) electrons. The lowest BCUT2D eigenvalue weighted by molar-refractivity contribution is 0.0698. The van der Waals surface area contributed by atoms with Gasteiger partial charge in [0, 0.05) is 24.8 Å². The second kappa shape index (κ2) is 7.81. The summed E-state index contributed by atoms with van der Waals surface area (Å²) in [5.74, 6) is 0.287. The van der Waals surface area contributed by atoms with Crippen LogP contribution in [0.5, 0.6) is 5.75 Å². The van der Waals surface area contributed by atoms with Crippen LogP contribution in [0.15, 0.2) is 30.3 Å². The Morgan fingerprint density at radius 3 is 2.50 bits per heavy atom. The van der Waals surface area contributed by atoms with E-state index in [4.69, 9.17) is 4.74 Å². The fourth-order valence-electron chi connectivity index (χ4n) is 2.64. The normalized spacial score (nSPS) is 10.5. The molecule has 128 valence electrons. The third-order valence-corrected chi connectivity index (χ3v) is 3.95. The van der Waals surface area contributed by atoms with E-state index in [1.165, 1.54) is 0 Å². The molecule has 0 aliphatic heterocycles. The van der Waals surface area contributed by atoms with Gasteiger partial charge in [-0.2, -0.15) is 0 Å². The van der Waals surface area contributed by atoms with Crippen LogP contribution in [0.2, 0.25) is 0 Å². The first-order chi connectivity index (χ1) is 11.5. The van der Waals surface area contributed by atoms with Crippen LogP contribution >= 0.6 is 0 Å². The third-order valence-electron chi connectivity index (χ3n) is 3.95. The number of aromatic nitrogens is 1. The zero-order valence-electron chi connectivity index (χ0n) is 14.7. The zero-order valence-corrected chi connectivity index (χ0v) is 14.7. The highest BCUT2D eigenvalue weighted by molar-refractivity contribution is 6.01. The van der Waals surface area contributed by atoms with Crippen LogP contribution in [0.3, 0.4) is 0 Å². The number of methoxy groups -OCH3 is 1. The van der Waals surface area contributed by atoms with Crippen LogP contribution in [0.25, 0.3) is 11.1 Å². The minimum Gasteiger partial charge on any atom is -0.497 e. The Balaban J connectivity index is 2.57. The molecule has 0 unspecified atom stereocenters. The first kappa shape index (κ1) is 17.8. The van der Waals surface area contributed by atoms with Crippen molar-refractivity contribution >= 4 is 11.8 Å². The van der Waals surface area contributed by atoms with Crippen molar-refractivity contribution in [1.82, 2.24) is 4.98 Å². The molecular weight excluding hydrogens is 304 g/mol. The van der Waals surface area contributed by atoms with Crippen molar-refractivity contribution in [3.8, 4) is 16.9 Å². The van der Waals surface area contributed by atoms with Crippen LogP contribution in [0.1, 0.15) is 35.8 Å². The Hall–Kier alpha value is -2.56. The van der Waals surface area contributed by atoms with Crippen LogP contribution in [0, 0.1) is 6.92 Å². The van der Waals surface area contributed by atoms with Crippen molar-refractivity contribution in [2.75, 3.05) is 25.6 Å². The minimum absolute atomic E-state index is 0.240. The van der Waals surface area contributed by atoms with Crippen molar-refractivity contribution in [1.29, 1.82) is 0 Å². The number of hydrogen-bond donors (Lipinski definition) is 1. The van der Waals surface area contributed by atoms with Gasteiger partial charge >= 0.3 is 5.97 Å². The van der Waals surface area contributed by atoms with Gasteiger partial charge in [0.15, 0.2) is 0 Å². The SMILES string of the molecule is CCCCN(C)c1nc(C)cc(-c2ccc(OC)cc2)c1C(=O)O. The standard InChI is InChI=1S/C19H24N2O3/c1-5-6-11-21(3)18-17(19(22)23)16(12-13(2)20-18)14-7-9-15(24-4)10-8-14/h7-10,12H,5-6,11H2,1-4H3,(H,22,23). The van der Waals surface area contributed by atoms with Gasteiger partial charge in [0.05, 0.1) is 7.11 Å².